The largest absolute Gasteiger partial charge is 0.356 e. The number of amides is 1. The molecule has 4 rings (SSSR count). The Labute approximate surface area is 177 Å². The minimum Gasteiger partial charge on any atom is -0.356 e. The summed E-state index contributed by atoms with van der Waals surface area (Å²) in [4.78, 5) is 20.7. The molecule has 0 spiro atoms. The number of likely N-dealkylation sites (tertiary alicyclic amines) is 1. The molecule has 158 valence electrons. The van der Waals surface area contributed by atoms with E-state index in [0.717, 1.165) is 48.8 Å². The maximum Gasteiger partial charge on any atom is 0.263 e. The van der Waals surface area contributed by atoms with Gasteiger partial charge in [-0.05, 0) is 55.5 Å². The summed E-state index contributed by atoms with van der Waals surface area (Å²) in [6.07, 6.45) is 3.67. The zero-order chi connectivity index (χ0) is 20.8. The van der Waals surface area contributed by atoms with Crippen LogP contribution in [0.25, 0.3) is 10.9 Å². The highest BCUT2D eigenvalue weighted by molar-refractivity contribution is 6.31. The highest BCUT2D eigenvalue weighted by Gasteiger charge is 2.53. The fourth-order valence-corrected chi connectivity index (χ4v) is 5.04. The van der Waals surface area contributed by atoms with Gasteiger partial charge in [-0.1, -0.05) is 38.8 Å². The minimum absolute atomic E-state index is 0.116. The Balaban J connectivity index is 1.61. The van der Waals surface area contributed by atoms with Crippen molar-refractivity contribution in [3.63, 3.8) is 0 Å². The first-order valence-electron chi connectivity index (χ1n) is 10.8. The number of fused-ring (bicyclic) bond motifs is 3. The maximum absolute atomic E-state index is 15.4. The van der Waals surface area contributed by atoms with Gasteiger partial charge in [-0.2, -0.15) is 0 Å². The number of halogens is 2. The number of unbranched alkanes of at least 4 members (excludes halogenated alkanes) is 1. The summed E-state index contributed by atoms with van der Waals surface area (Å²) in [6, 6.07) is 5.74. The van der Waals surface area contributed by atoms with E-state index in [9.17, 15) is 4.79 Å². The van der Waals surface area contributed by atoms with Gasteiger partial charge in [0.25, 0.3) is 5.91 Å². The van der Waals surface area contributed by atoms with Crippen LogP contribution in [-0.4, -0.2) is 52.5 Å². The van der Waals surface area contributed by atoms with E-state index in [1.807, 2.05) is 18.2 Å². The Morgan fingerprint density at radius 2 is 2.14 bits per heavy atom. The smallest absolute Gasteiger partial charge is 0.263 e. The number of carbonyl (C=O) groups is 1. The van der Waals surface area contributed by atoms with Gasteiger partial charge in [-0.3, -0.25) is 9.69 Å². The molecule has 29 heavy (non-hydrogen) atoms. The van der Waals surface area contributed by atoms with Crippen LogP contribution in [0.4, 0.5) is 4.39 Å². The van der Waals surface area contributed by atoms with Crippen LogP contribution in [-0.2, 0) is 11.2 Å². The summed E-state index contributed by atoms with van der Waals surface area (Å²) in [7, 11) is 0. The molecular weight excluding hydrogens is 389 g/mol. The highest BCUT2D eigenvalue weighted by atomic mass is 35.5. The summed E-state index contributed by atoms with van der Waals surface area (Å²) in [5, 5.41) is 1.83. The second kappa shape index (κ2) is 7.92. The van der Waals surface area contributed by atoms with Gasteiger partial charge in [0.2, 0.25) is 5.67 Å². The fraction of sp³-hybridized carbons (Fsp3) is 0.609. The van der Waals surface area contributed by atoms with Crippen molar-refractivity contribution in [2.24, 2.45) is 5.92 Å². The molecule has 1 saturated heterocycles. The van der Waals surface area contributed by atoms with Gasteiger partial charge in [0.15, 0.2) is 0 Å². The average molecular weight is 420 g/mol. The van der Waals surface area contributed by atoms with E-state index >= 15 is 4.39 Å². The maximum atomic E-state index is 15.4. The second-order valence-electron chi connectivity index (χ2n) is 9.13. The molecule has 0 radical (unpaired) electrons. The van der Waals surface area contributed by atoms with Crippen molar-refractivity contribution in [2.45, 2.75) is 58.2 Å². The zero-order valence-corrected chi connectivity index (χ0v) is 18.4. The Morgan fingerprint density at radius 3 is 2.83 bits per heavy atom. The molecule has 3 heterocycles. The summed E-state index contributed by atoms with van der Waals surface area (Å²) in [5.41, 5.74) is 1.58. The van der Waals surface area contributed by atoms with E-state index in [4.69, 9.17) is 11.6 Å². The average Bonchev–Trinajstić information content (AvgIpc) is 3.02. The molecule has 1 N–H and O–H groups in total. The molecule has 1 aromatic heterocycles. The minimum atomic E-state index is -1.74. The number of carbonyl (C=O) groups excluding carboxylic acids is 1. The SMILES string of the molecule is CCCCN1CC(F)(C(=O)N2CCc3c([nH]c4ccc(Cl)cc34)C2CC(C)C)C1. The van der Waals surface area contributed by atoms with Gasteiger partial charge < -0.3 is 9.88 Å². The lowest BCUT2D eigenvalue weighted by Crippen LogP contribution is -2.67. The molecule has 0 aliphatic carbocycles. The van der Waals surface area contributed by atoms with Crippen LogP contribution in [0.3, 0.4) is 0 Å². The van der Waals surface area contributed by atoms with E-state index in [2.05, 4.69) is 30.7 Å². The second-order valence-corrected chi connectivity index (χ2v) is 9.57. The molecule has 2 aliphatic heterocycles. The third kappa shape index (κ3) is 3.79. The van der Waals surface area contributed by atoms with Crippen molar-refractivity contribution in [1.82, 2.24) is 14.8 Å². The van der Waals surface area contributed by atoms with Gasteiger partial charge in [0, 0.05) is 41.3 Å². The molecule has 1 atom stereocenters. The monoisotopic (exact) mass is 419 g/mol. The first kappa shape index (κ1) is 20.7. The number of rotatable bonds is 6. The number of nitrogens with one attached hydrogen (secondary N) is 1. The summed E-state index contributed by atoms with van der Waals surface area (Å²) < 4.78 is 15.4. The molecule has 2 aliphatic rings. The predicted molar refractivity (Wildman–Crippen MR) is 116 cm³/mol. The molecule has 1 amide bonds. The normalized spacial score (nSPS) is 21.4. The molecule has 6 heteroatoms. The van der Waals surface area contributed by atoms with Crippen LogP contribution < -0.4 is 0 Å². The van der Waals surface area contributed by atoms with E-state index in [0.29, 0.717) is 17.5 Å². The standard InChI is InChI=1S/C23H31ClFN3O/c1-4-5-9-27-13-23(25,14-27)22(29)28-10-8-17-18-12-16(24)6-7-19(18)26-21(17)20(28)11-15(2)3/h6-7,12,15,20,26H,4-5,8-11,13-14H2,1-3H3. The first-order chi connectivity index (χ1) is 13.8. The number of aromatic amines is 1. The van der Waals surface area contributed by atoms with E-state index in [1.54, 1.807) is 4.90 Å². The van der Waals surface area contributed by atoms with Crippen LogP contribution >= 0.6 is 11.6 Å². The summed E-state index contributed by atoms with van der Waals surface area (Å²) in [5.74, 6) is 0.0625. The number of H-pyrrole nitrogens is 1. The number of hydrogen-bond donors (Lipinski definition) is 1. The Hall–Kier alpha value is -1.59. The third-order valence-electron chi connectivity index (χ3n) is 6.33. The molecule has 1 unspecified atom stereocenters. The Bertz CT molecular complexity index is 903. The fourth-order valence-electron chi connectivity index (χ4n) is 4.87. The molecule has 1 aromatic carbocycles. The molecule has 2 aromatic rings. The van der Waals surface area contributed by atoms with Crippen molar-refractivity contribution in [2.75, 3.05) is 26.2 Å². The third-order valence-corrected chi connectivity index (χ3v) is 6.56. The Kier molecular flexibility index (Phi) is 5.64. The summed E-state index contributed by atoms with van der Waals surface area (Å²) >= 11 is 6.22. The van der Waals surface area contributed by atoms with Gasteiger partial charge in [-0.25, -0.2) is 4.39 Å². The number of hydrogen-bond acceptors (Lipinski definition) is 2. The van der Waals surface area contributed by atoms with Crippen LogP contribution in [0, 0.1) is 5.92 Å². The number of nitrogens with zero attached hydrogens (tertiary/aromatic N) is 2. The van der Waals surface area contributed by atoms with Crippen molar-refractivity contribution >= 4 is 28.4 Å². The van der Waals surface area contributed by atoms with Gasteiger partial charge in [-0.15, -0.1) is 0 Å². The molecule has 0 saturated carbocycles. The lowest BCUT2D eigenvalue weighted by Gasteiger charge is -2.47. The van der Waals surface area contributed by atoms with E-state index in [1.165, 1.54) is 5.56 Å². The molecule has 0 bridgehead atoms. The lowest BCUT2D eigenvalue weighted by molar-refractivity contribution is -0.160. The molecule has 4 nitrogen and oxygen atoms in total. The van der Waals surface area contributed by atoms with Gasteiger partial charge in [0.05, 0.1) is 6.04 Å². The van der Waals surface area contributed by atoms with Crippen molar-refractivity contribution in [3.8, 4) is 0 Å². The number of alkyl halides is 1. The summed E-state index contributed by atoms with van der Waals surface area (Å²) in [6.45, 7) is 8.32. The van der Waals surface area contributed by atoms with Crippen LogP contribution in [0.1, 0.15) is 57.3 Å². The lowest BCUT2D eigenvalue weighted by atomic mass is 9.87. The van der Waals surface area contributed by atoms with E-state index < -0.39 is 5.67 Å². The van der Waals surface area contributed by atoms with Crippen LogP contribution in [0.2, 0.25) is 5.02 Å². The van der Waals surface area contributed by atoms with Crippen LogP contribution in [0.15, 0.2) is 18.2 Å². The van der Waals surface area contributed by atoms with Crippen molar-refractivity contribution in [3.05, 3.63) is 34.5 Å². The number of benzene rings is 1. The van der Waals surface area contributed by atoms with Crippen molar-refractivity contribution < 1.29 is 9.18 Å². The Morgan fingerprint density at radius 1 is 1.38 bits per heavy atom. The zero-order valence-electron chi connectivity index (χ0n) is 17.6. The van der Waals surface area contributed by atoms with E-state index in [-0.39, 0.29) is 25.0 Å². The topological polar surface area (TPSA) is 39.3 Å². The van der Waals surface area contributed by atoms with Crippen LogP contribution in [0.5, 0.6) is 0 Å². The van der Waals surface area contributed by atoms with Crippen molar-refractivity contribution in [1.29, 1.82) is 0 Å². The first-order valence-corrected chi connectivity index (χ1v) is 11.2. The molecular formula is C23H31ClFN3O. The highest BCUT2D eigenvalue weighted by Crippen LogP contribution is 2.41. The predicted octanol–water partition coefficient (Wildman–Crippen LogP) is 5.12. The van der Waals surface area contributed by atoms with Gasteiger partial charge in [0.1, 0.15) is 0 Å². The molecule has 1 fully saturated rings. The quantitative estimate of drug-likeness (QED) is 0.706. The van der Waals surface area contributed by atoms with Gasteiger partial charge >= 0.3 is 0 Å². The number of aromatic nitrogens is 1.